The van der Waals surface area contributed by atoms with Gasteiger partial charge in [-0.1, -0.05) is 62.5 Å². The van der Waals surface area contributed by atoms with Gasteiger partial charge < -0.3 is 5.32 Å². The summed E-state index contributed by atoms with van der Waals surface area (Å²) in [6, 6.07) is 7.45. The molecule has 1 aliphatic carbocycles. The van der Waals surface area contributed by atoms with Gasteiger partial charge in [-0.3, -0.25) is 9.36 Å². The molecule has 0 saturated heterocycles. The van der Waals surface area contributed by atoms with Gasteiger partial charge in [0.15, 0.2) is 11.0 Å². The Hall–Kier alpha value is -1.53. The van der Waals surface area contributed by atoms with Gasteiger partial charge in [0.25, 0.3) is 0 Å². The molecule has 1 heterocycles. The zero-order valence-electron chi connectivity index (χ0n) is 16.8. The van der Waals surface area contributed by atoms with Crippen LogP contribution in [0.2, 0.25) is 5.02 Å². The predicted molar refractivity (Wildman–Crippen MR) is 115 cm³/mol. The van der Waals surface area contributed by atoms with Crippen LogP contribution in [0.15, 0.2) is 29.4 Å². The summed E-state index contributed by atoms with van der Waals surface area (Å²) in [5.74, 6) is 2.44. The highest BCUT2D eigenvalue weighted by molar-refractivity contribution is 7.99. The first-order valence-corrected chi connectivity index (χ1v) is 11.5. The van der Waals surface area contributed by atoms with Crippen molar-refractivity contribution in [1.29, 1.82) is 0 Å². The number of hydrogen-bond acceptors (Lipinski definition) is 4. The highest BCUT2D eigenvalue weighted by Crippen LogP contribution is 2.32. The van der Waals surface area contributed by atoms with Gasteiger partial charge in [0, 0.05) is 16.7 Å². The molecule has 3 rings (SSSR count). The Balaban J connectivity index is 1.86. The van der Waals surface area contributed by atoms with E-state index in [4.69, 9.17) is 11.6 Å². The molecule has 1 saturated carbocycles. The molecule has 0 aliphatic heterocycles. The standard InChI is InChI=1S/C21H29ClN4OS/c1-14(2)20(27)23-15(3)19-24-25-21(28-13-16-8-5-4-6-9-16)26(19)18-11-7-10-17(22)12-18/h7,10-12,14-16H,4-6,8-9,13H2,1-3H3,(H,23,27). The fourth-order valence-corrected chi connectivity index (χ4v) is 4.83. The molecule has 1 fully saturated rings. The molecule has 1 unspecified atom stereocenters. The second-order valence-corrected chi connectivity index (χ2v) is 9.28. The summed E-state index contributed by atoms with van der Waals surface area (Å²) in [5, 5.41) is 13.4. The minimum Gasteiger partial charge on any atom is -0.346 e. The van der Waals surface area contributed by atoms with Crippen molar-refractivity contribution < 1.29 is 4.79 Å². The number of amides is 1. The summed E-state index contributed by atoms with van der Waals surface area (Å²) in [5.41, 5.74) is 0.921. The number of nitrogens with zero attached hydrogens (tertiary/aromatic N) is 3. The highest BCUT2D eigenvalue weighted by atomic mass is 35.5. The summed E-state index contributed by atoms with van der Waals surface area (Å²) in [4.78, 5) is 12.2. The van der Waals surface area contributed by atoms with Crippen molar-refractivity contribution in [3.63, 3.8) is 0 Å². The van der Waals surface area contributed by atoms with E-state index in [0.29, 0.717) is 5.02 Å². The number of nitrogens with one attached hydrogen (secondary N) is 1. The first kappa shape index (κ1) is 21.2. The number of carbonyl (C=O) groups excluding carboxylic acids is 1. The van der Waals surface area contributed by atoms with Crippen molar-refractivity contribution >= 4 is 29.3 Å². The molecule has 1 amide bonds. The van der Waals surface area contributed by atoms with Crippen molar-refractivity contribution in [2.24, 2.45) is 11.8 Å². The van der Waals surface area contributed by atoms with E-state index in [9.17, 15) is 4.79 Å². The van der Waals surface area contributed by atoms with Gasteiger partial charge in [0.2, 0.25) is 5.91 Å². The van der Waals surface area contributed by atoms with Crippen LogP contribution in [-0.2, 0) is 4.79 Å². The molecule has 0 bridgehead atoms. The summed E-state index contributed by atoms with van der Waals surface area (Å²) < 4.78 is 2.03. The Bertz CT molecular complexity index is 801. The minimum atomic E-state index is -0.245. The van der Waals surface area contributed by atoms with E-state index in [2.05, 4.69) is 15.5 Å². The van der Waals surface area contributed by atoms with Gasteiger partial charge in [-0.2, -0.15) is 0 Å². The van der Waals surface area contributed by atoms with Crippen LogP contribution in [0.1, 0.15) is 64.7 Å². The highest BCUT2D eigenvalue weighted by Gasteiger charge is 2.23. The maximum Gasteiger partial charge on any atom is 0.223 e. The van der Waals surface area contributed by atoms with Gasteiger partial charge >= 0.3 is 0 Å². The molecule has 1 aromatic heterocycles. The van der Waals surface area contributed by atoms with Gasteiger partial charge in [-0.15, -0.1) is 10.2 Å². The second-order valence-electron chi connectivity index (χ2n) is 7.86. The van der Waals surface area contributed by atoms with Crippen molar-refractivity contribution in [3.8, 4) is 5.69 Å². The molecule has 5 nitrogen and oxygen atoms in total. The van der Waals surface area contributed by atoms with Gasteiger partial charge in [0.1, 0.15) is 0 Å². The lowest BCUT2D eigenvalue weighted by atomic mass is 9.91. The largest absolute Gasteiger partial charge is 0.346 e. The summed E-state index contributed by atoms with van der Waals surface area (Å²) in [7, 11) is 0. The van der Waals surface area contributed by atoms with Crippen molar-refractivity contribution in [2.45, 2.75) is 64.1 Å². The Morgan fingerprint density at radius 1 is 1.25 bits per heavy atom. The first-order chi connectivity index (χ1) is 13.5. The van der Waals surface area contributed by atoms with Crippen LogP contribution in [0.25, 0.3) is 5.69 Å². The zero-order valence-corrected chi connectivity index (χ0v) is 18.4. The molecule has 1 aromatic carbocycles. The zero-order chi connectivity index (χ0) is 20.1. The lowest BCUT2D eigenvalue weighted by Crippen LogP contribution is -2.31. The number of rotatable bonds is 7. The monoisotopic (exact) mass is 420 g/mol. The van der Waals surface area contributed by atoms with E-state index < -0.39 is 0 Å². The smallest absolute Gasteiger partial charge is 0.223 e. The molecule has 1 atom stereocenters. The molecule has 0 spiro atoms. The van der Waals surface area contributed by atoms with Gasteiger partial charge in [0.05, 0.1) is 11.7 Å². The fourth-order valence-electron chi connectivity index (χ4n) is 3.50. The van der Waals surface area contributed by atoms with Crippen LogP contribution in [-0.4, -0.2) is 26.4 Å². The molecular weight excluding hydrogens is 392 g/mol. The number of aromatic nitrogens is 3. The molecule has 2 aromatic rings. The van der Waals surface area contributed by atoms with E-state index in [1.165, 1.54) is 32.1 Å². The second kappa shape index (κ2) is 9.79. The molecule has 7 heteroatoms. The van der Waals surface area contributed by atoms with Crippen LogP contribution in [0.4, 0.5) is 0 Å². The molecule has 152 valence electrons. The number of hydrogen-bond donors (Lipinski definition) is 1. The number of halogens is 1. The number of carbonyl (C=O) groups is 1. The van der Waals surface area contributed by atoms with Crippen LogP contribution in [0.3, 0.4) is 0 Å². The first-order valence-electron chi connectivity index (χ1n) is 10.1. The summed E-state index contributed by atoms with van der Waals surface area (Å²) in [6.45, 7) is 5.71. The van der Waals surface area contributed by atoms with Crippen LogP contribution < -0.4 is 5.32 Å². The molecule has 1 aliphatic rings. The van der Waals surface area contributed by atoms with Crippen molar-refractivity contribution in [3.05, 3.63) is 35.1 Å². The topological polar surface area (TPSA) is 59.8 Å². The molecule has 28 heavy (non-hydrogen) atoms. The van der Waals surface area contributed by atoms with E-state index in [-0.39, 0.29) is 17.9 Å². The lowest BCUT2D eigenvalue weighted by Gasteiger charge is -2.21. The molecular formula is C21H29ClN4OS. The predicted octanol–water partition coefficient (Wildman–Crippen LogP) is 5.43. The Morgan fingerprint density at radius 2 is 2.00 bits per heavy atom. The van der Waals surface area contributed by atoms with E-state index in [0.717, 1.165) is 28.3 Å². The normalized spacial score (nSPS) is 16.3. The Morgan fingerprint density at radius 3 is 2.68 bits per heavy atom. The lowest BCUT2D eigenvalue weighted by molar-refractivity contribution is -0.124. The number of benzene rings is 1. The summed E-state index contributed by atoms with van der Waals surface area (Å²) in [6.07, 6.45) is 6.61. The number of thioether (sulfide) groups is 1. The average molecular weight is 421 g/mol. The Labute approximate surface area is 176 Å². The Kier molecular flexibility index (Phi) is 7.41. The van der Waals surface area contributed by atoms with E-state index >= 15 is 0 Å². The van der Waals surface area contributed by atoms with E-state index in [1.807, 2.05) is 49.6 Å². The van der Waals surface area contributed by atoms with Crippen molar-refractivity contribution in [2.75, 3.05) is 5.75 Å². The average Bonchev–Trinajstić information content (AvgIpc) is 3.11. The molecule has 0 radical (unpaired) electrons. The fraction of sp³-hybridized carbons (Fsp3) is 0.571. The third-order valence-corrected chi connectivity index (χ3v) is 6.56. The third-order valence-electron chi connectivity index (χ3n) is 5.17. The third kappa shape index (κ3) is 5.29. The SMILES string of the molecule is CC(C)C(=O)NC(C)c1nnc(SCC2CCCCC2)n1-c1cccc(Cl)c1. The maximum absolute atomic E-state index is 12.2. The van der Waals surface area contributed by atoms with E-state index in [1.54, 1.807) is 11.8 Å². The van der Waals surface area contributed by atoms with Crippen LogP contribution in [0.5, 0.6) is 0 Å². The van der Waals surface area contributed by atoms with Crippen molar-refractivity contribution in [1.82, 2.24) is 20.1 Å². The van der Waals surface area contributed by atoms with Crippen LogP contribution in [0, 0.1) is 11.8 Å². The minimum absolute atomic E-state index is 0.00422. The maximum atomic E-state index is 12.2. The van der Waals surface area contributed by atoms with Crippen LogP contribution >= 0.6 is 23.4 Å². The van der Waals surface area contributed by atoms with Gasteiger partial charge in [-0.05, 0) is 43.9 Å². The molecule has 1 N–H and O–H groups in total. The van der Waals surface area contributed by atoms with Gasteiger partial charge in [-0.25, -0.2) is 0 Å². The summed E-state index contributed by atoms with van der Waals surface area (Å²) >= 11 is 7.99. The quantitative estimate of drug-likeness (QED) is 0.607.